The van der Waals surface area contributed by atoms with E-state index in [4.69, 9.17) is 11.6 Å². The van der Waals surface area contributed by atoms with Crippen LogP contribution in [0.15, 0.2) is 38.3 Å². The van der Waals surface area contributed by atoms with Crippen LogP contribution in [0.2, 0.25) is 0 Å². The highest BCUT2D eigenvalue weighted by molar-refractivity contribution is 9.11. The number of nitrogens with one attached hydrogen (secondary N) is 1. The van der Waals surface area contributed by atoms with Gasteiger partial charge in [-0.05, 0) is 45.6 Å². The van der Waals surface area contributed by atoms with E-state index in [9.17, 15) is 8.42 Å². The van der Waals surface area contributed by atoms with Gasteiger partial charge in [0.15, 0.2) is 0 Å². The van der Waals surface area contributed by atoms with Crippen molar-refractivity contribution in [3.63, 3.8) is 0 Å². The van der Waals surface area contributed by atoms with Crippen LogP contribution in [0.5, 0.6) is 0 Å². The Labute approximate surface area is 136 Å². The molecule has 1 aromatic heterocycles. The minimum Gasteiger partial charge on any atom is -0.206 e. The van der Waals surface area contributed by atoms with Gasteiger partial charge in [-0.25, -0.2) is 13.1 Å². The molecule has 0 saturated heterocycles. The van der Waals surface area contributed by atoms with Crippen molar-refractivity contribution in [1.29, 1.82) is 0 Å². The summed E-state index contributed by atoms with van der Waals surface area (Å²) in [6, 6.07) is 9.18. The first-order valence-electron chi connectivity index (χ1n) is 5.82. The lowest BCUT2D eigenvalue weighted by Crippen LogP contribution is -2.22. The molecule has 0 atom stereocenters. The van der Waals surface area contributed by atoms with Crippen molar-refractivity contribution in [2.75, 3.05) is 0 Å². The SMILES string of the molecule is Cc1cc(S(=O)(=O)NCc2ccc(CCl)cc2)sc1Br. The summed E-state index contributed by atoms with van der Waals surface area (Å²) in [5.74, 6) is 0.453. The lowest BCUT2D eigenvalue weighted by molar-refractivity contribution is 0.583. The quantitative estimate of drug-likeness (QED) is 0.778. The first kappa shape index (κ1) is 16.0. The summed E-state index contributed by atoms with van der Waals surface area (Å²) in [6.07, 6.45) is 0. The average molecular weight is 395 g/mol. The summed E-state index contributed by atoms with van der Waals surface area (Å²) in [4.78, 5) is 0. The summed E-state index contributed by atoms with van der Waals surface area (Å²) in [7, 11) is -3.46. The molecular weight excluding hydrogens is 382 g/mol. The van der Waals surface area contributed by atoms with E-state index >= 15 is 0 Å². The Balaban J connectivity index is 2.08. The summed E-state index contributed by atoms with van der Waals surface area (Å²) < 4.78 is 28.1. The normalized spacial score (nSPS) is 11.8. The summed E-state index contributed by atoms with van der Waals surface area (Å²) in [6.45, 7) is 2.13. The predicted octanol–water partition coefficient (Wildman–Crippen LogP) is 4.04. The third kappa shape index (κ3) is 3.83. The van der Waals surface area contributed by atoms with Gasteiger partial charge in [0.25, 0.3) is 0 Å². The molecule has 0 aliphatic carbocycles. The van der Waals surface area contributed by atoms with Crippen molar-refractivity contribution in [2.45, 2.75) is 23.6 Å². The van der Waals surface area contributed by atoms with Crippen LogP contribution >= 0.6 is 38.9 Å². The maximum atomic E-state index is 12.2. The molecule has 1 N–H and O–H groups in total. The van der Waals surface area contributed by atoms with Crippen LogP contribution in [-0.4, -0.2) is 8.42 Å². The lowest BCUT2D eigenvalue weighted by Gasteiger charge is -2.05. The number of halogens is 2. The molecule has 0 amide bonds. The van der Waals surface area contributed by atoms with E-state index in [0.717, 1.165) is 20.5 Å². The van der Waals surface area contributed by atoms with Crippen LogP contribution in [0.4, 0.5) is 0 Å². The second kappa shape index (κ2) is 6.58. The second-order valence-electron chi connectivity index (χ2n) is 4.30. The maximum absolute atomic E-state index is 12.2. The lowest BCUT2D eigenvalue weighted by atomic mass is 10.1. The summed E-state index contributed by atoms with van der Waals surface area (Å²) in [5, 5.41) is 0. The van der Waals surface area contributed by atoms with E-state index in [0.29, 0.717) is 10.1 Å². The van der Waals surface area contributed by atoms with Gasteiger partial charge in [0.1, 0.15) is 4.21 Å². The van der Waals surface area contributed by atoms with Crippen molar-refractivity contribution >= 4 is 48.9 Å². The zero-order valence-electron chi connectivity index (χ0n) is 10.7. The Morgan fingerprint density at radius 1 is 1.25 bits per heavy atom. The Hall–Kier alpha value is -0.400. The molecule has 0 unspecified atom stereocenters. The van der Waals surface area contributed by atoms with Crippen molar-refractivity contribution in [3.8, 4) is 0 Å². The van der Waals surface area contributed by atoms with E-state index in [1.165, 1.54) is 11.3 Å². The van der Waals surface area contributed by atoms with Gasteiger partial charge in [0, 0.05) is 12.4 Å². The molecule has 0 aliphatic rings. The van der Waals surface area contributed by atoms with Gasteiger partial charge >= 0.3 is 0 Å². The molecule has 1 aromatic carbocycles. The molecule has 108 valence electrons. The molecule has 0 aliphatic heterocycles. The smallest absolute Gasteiger partial charge is 0.206 e. The molecule has 0 fully saturated rings. The van der Waals surface area contributed by atoms with Crippen molar-refractivity contribution in [1.82, 2.24) is 4.72 Å². The predicted molar refractivity (Wildman–Crippen MR) is 86.8 cm³/mol. The van der Waals surface area contributed by atoms with Crippen LogP contribution in [0.25, 0.3) is 0 Å². The molecule has 1 heterocycles. The van der Waals surface area contributed by atoms with Crippen LogP contribution in [-0.2, 0) is 22.4 Å². The van der Waals surface area contributed by atoms with E-state index in [-0.39, 0.29) is 6.54 Å². The second-order valence-corrected chi connectivity index (χ2v) is 8.93. The third-order valence-corrected chi connectivity index (χ3v) is 7.06. The molecule has 0 spiro atoms. The van der Waals surface area contributed by atoms with E-state index in [1.807, 2.05) is 31.2 Å². The van der Waals surface area contributed by atoms with Gasteiger partial charge in [0.2, 0.25) is 10.0 Å². The number of hydrogen-bond acceptors (Lipinski definition) is 3. The van der Waals surface area contributed by atoms with Gasteiger partial charge in [0.05, 0.1) is 3.79 Å². The molecule has 2 aromatic rings. The molecule has 0 radical (unpaired) electrons. The molecule has 0 saturated carbocycles. The molecule has 2 rings (SSSR count). The van der Waals surface area contributed by atoms with Crippen LogP contribution < -0.4 is 4.72 Å². The average Bonchev–Trinajstić information content (AvgIpc) is 2.78. The fourth-order valence-electron chi connectivity index (χ4n) is 1.56. The topological polar surface area (TPSA) is 46.2 Å². The minimum atomic E-state index is -3.46. The van der Waals surface area contributed by atoms with Crippen LogP contribution in [0.1, 0.15) is 16.7 Å². The number of benzene rings is 1. The first-order chi connectivity index (χ1) is 9.42. The highest BCUT2D eigenvalue weighted by atomic mass is 79.9. The van der Waals surface area contributed by atoms with E-state index in [1.54, 1.807) is 6.07 Å². The number of sulfonamides is 1. The van der Waals surface area contributed by atoms with E-state index in [2.05, 4.69) is 20.7 Å². The Morgan fingerprint density at radius 2 is 1.85 bits per heavy atom. The van der Waals surface area contributed by atoms with Gasteiger partial charge in [-0.3, -0.25) is 0 Å². The Kier molecular flexibility index (Phi) is 5.25. The van der Waals surface area contributed by atoms with Gasteiger partial charge in [-0.2, -0.15) is 0 Å². The summed E-state index contributed by atoms with van der Waals surface area (Å²) in [5.41, 5.74) is 2.83. The number of hydrogen-bond donors (Lipinski definition) is 1. The molecule has 3 nitrogen and oxygen atoms in total. The Bertz CT molecular complexity index is 676. The van der Waals surface area contributed by atoms with Crippen LogP contribution in [0.3, 0.4) is 0 Å². The monoisotopic (exact) mass is 393 g/mol. The molecule has 20 heavy (non-hydrogen) atoms. The zero-order valence-corrected chi connectivity index (χ0v) is 14.7. The van der Waals surface area contributed by atoms with Crippen molar-refractivity contribution < 1.29 is 8.42 Å². The molecular formula is C13H13BrClNO2S2. The standard InChI is InChI=1S/C13H13BrClNO2S2/c1-9-6-12(19-13(9)14)20(17,18)16-8-11-4-2-10(7-15)3-5-11/h2-6,16H,7-8H2,1H3. The zero-order chi connectivity index (χ0) is 14.8. The third-order valence-electron chi connectivity index (χ3n) is 2.74. The minimum absolute atomic E-state index is 0.263. The summed E-state index contributed by atoms with van der Waals surface area (Å²) >= 11 is 10.3. The van der Waals surface area contributed by atoms with Crippen LogP contribution in [0, 0.1) is 6.92 Å². The largest absolute Gasteiger partial charge is 0.250 e. The number of aryl methyl sites for hydroxylation is 1. The van der Waals surface area contributed by atoms with Crippen molar-refractivity contribution in [2.24, 2.45) is 0 Å². The van der Waals surface area contributed by atoms with Gasteiger partial charge in [-0.1, -0.05) is 24.3 Å². The number of rotatable bonds is 5. The van der Waals surface area contributed by atoms with Gasteiger partial charge < -0.3 is 0 Å². The number of thiophene rings is 1. The fraction of sp³-hybridized carbons (Fsp3) is 0.231. The van der Waals surface area contributed by atoms with Crippen molar-refractivity contribution in [3.05, 3.63) is 50.8 Å². The van der Waals surface area contributed by atoms with Gasteiger partial charge in [-0.15, -0.1) is 22.9 Å². The van der Waals surface area contributed by atoms with E-state index < -0.39 is 10.0 Å². The number of alkyl halides is 1. The molecule has 0 bridgehead atoms. The highest BCUT2D eigenvalue weighted by Crippen LogP contribution is 2.30. The highest BCUT2D eigenvalue weighted by Gasteiger charge is 2.17. The molecule has 7 heteroatoms. The maximum Gasteiger partial charge on any atom is 0.250 e. The fourth-order valence-corrected chi connectivity index (χ4v) is 5.03. The first-order valence-corrected chi connectivity index (χ1v) is 9.44. The Morgan fingerprint density at radius 3 is 2.35 bits per heavy atom.